The maximum atomic E-state index is 13.9. The van der Waals surface area contributed by atoms with E-state index in [0.717, 1.165) is 6.07 Å². The van der Waals surface area contributed by atoms with E-state index in [-0.39, 0.29) is 16.9 Å². The highest BCUT2D eigenvalue weighted by Crippen LogP contribution is 2.29. The van der Waals surface area contributed by atoms with Crippen molar-refractivity contribution < 1.29 is 22.7 Å². The summed E-state index contributed by atoms with van der Waals surface area (Å²) in [5.41, 5.74) is -0.275. The molecule has 0 heterocycles. The van der Waals surface area contributed by atoms with Gasteiger partial charge in [0.05, 0.1) is 5.56 Å². The SMILES string of the molecule is CC(=O)c1ccc(OCC(F)(F)c2ccccc2)cc1F. The Balaban J connectivity index is 2.09. The van der Waals surface area contributed by atoms with E-state index >= 15 is 0 Å². The molecule has 110 valence electrons. The Morgan fingerprint density at radius 2 is 1.81 bits per heavy atom. The van der Waals surface area contributed by atoms with Crippen LogP contribution in [0.15, 0.2) is 48.5 Å². The number of hydrogen-bond acceptors (Lipinski definition) is 2. The van der Waals surface area contributed by atoms with Crippen LogP contribution in [0.2, 0.25) is 0 Å². The first-order valence-electron chi connectivity index (χ1n) is 6.27. The van der Waals surface area contributed by atoms with Gasteiger partial charge in [0.2, 0.25) is 0 Å². The Bertz CT molecular complexity index is 639. The molecule has 0 amide bonds. The third-order valence-electron chi connectivity index (χ3n) is 2.94. The summed E-state index contributed by atoms with van der Waals surface area (Å²) in [4.78, 5) is 11.1. The summed E-state index contributed by atoms with van der Waals surface area (Å²) >= 11 is 0. The molecule has 0 aliphatic carbocycles. The molecule has 0 saturated heterocycles. The highest BCUT2D eigenvalue weighted by atomic mass is 19.3. The Hall–Kier alpha value is -2.30. The zero-order chi connectivity index (χ0) is 15.5. The largest absolute Gasteiger partial charge is 0.487 e. The van der Waals surface area contributed by atoms with Crippen LogP contribution < -0.4 is 4.74 Å². The van der Waals surface area contributed by atoms with Crippen LogP contribution in [0.25, 0.3) is 0 Å². The first kappa shape index (κ1) is 15.1. The number of ether oxygens (including phenoxy) is 1. The molecular formula is C16H13F3O2. The summed E-state index contributed by atoms with van der Waals surface area (Å²) in [6.45, 7) is 0.318. The molecule has 21 heavy (non-hydrogen) atoms. The normalized spacial score (nSPS) is 11.2. The number of halogens is 3. The van der Waals surface area contributed by atoms with E-state index in [4.69, 9.17) is 4.74 Å². The molecule has 0 saturated carbocycles. The van der Waals surface area contributed by atoms with Gasteiger partial charge >= 0.3 is 5.92 Å². The predicted octanol–water partition coefficient (Wildman–Crippen LogP) is 4.20. The summed E-state index contributed by atoms with van der Waals surface area (Å²) in [5.74, 6) is -4.46. The van der Waals surface area contributed by atoms with Crippen LogP contribution in [0.3, 0.4) is 0 Å². The van der Waals surface area contributed by atoms with E-state index in [1.807, 2.05) is 0 Å². The lowest BCUT2D eigenvalue weighted by molar-refractivity contribution is -0.0468. The van der Waals surface area contributed by atoms with Crippen molar-refractivity contribution in [3.8, 4) is 5.75 Å². The molecule has 0 spiro atoms. The first-order chi connectivity index (χ1) is 9.90. The minimum atomic E-state index is -3.18. The van der Waals surface area contributed by atoms with E-state index in [1.54, 1.807) is 6.07 Å². The van der Waals surface area contributed by atoms with Gasteiger partial charge in [-0.25, -0.2) is 4.39 Å². The highest BCUT2D eigenvalue weighted by Gasteiger charge is 2.32. The number of rotatable bonds is 5. The number of Topliss-reactive ketones (excluding diaryl/α,β-unsaturated/α-hetero) is 1. The van der Waals surface area contributed by atoms with E-state index in [1.165, 1.54) is 43.3 Å². The van der Waals surface area contributed by atoms with Gasteiger partial charge in [0.25, 0.3) is 0 Å². The molecule has 0 aromatic heterocycles. The van der Waals surface area contributed by atoms with E-state index in [9.17, 15) is 18.0 Å². The molecule has 5 heteroatoms. The maximum absolute atomic E-state index is 13.9. The lowest BCUT2D eigenvalue weighted by Gasteiger charge is -2.17. The van der Waals surface area contributed by atoms with Crippen molar-refractivity contribution in [3.63, 3.8) is 0 Å². The number of carbonyl (C=O) groups excluding carboxylic acids is 1. The fraction of sp³-hybridized carbons (Fsp3) is 0.188. The molecule has 0 bridgehead atoms. The van der Waals surface area contributed by atoms with Crippen molar-refractivity contribution in [2.24, 2.45) is 0 Å². The van der Waals surface area contributed by atoms with Crippen molar-refractivity contribution in [2.75, 3.05) is 6.61 Å². The summed E-state index contributed by atoms with van der Waals surface area (Å²) in [6, 6.07) is 10.7. The molecule has 2 rings (SSSR count). The van der Waals surface area contributed by atoms with Crippen LogP contribution in [-0.4, -0.2) is 12.4 Å². The molecule has 0 aliphatic heterocycles. The van der Waals surface area contributed by atoms with Crippen molar-refractivity contribution in [3.05, 3.63) is 65.5 Å². The summed E-state index contributed by atoms with van der Waals surface area (Å²) in [7, 11) is 0. The number of hydrogen-bond donors (Lipinski definition) is 0. The number of ketones is 1. The van der Waals surface area contributed by atoms with Gasteiger partial charge in [-0.15, -0.1) is 0 Å². The molecule has 0 radical (unpaired) electrons. The quantitative estimate of drug-likeness (QED) is 0.773. The summed E-state index contributed by atoms with van der Waals surface area (Å²) in [6.07, 6.45) is 0. The molecule has 0 atom stereocenters. The fourth-order valence-electron chi connectivity index (χ4n) is 1.81. The predicted molar refractivity (Wildman–Crippen MR) is 72.2 cm³/mol. The summed E-state index contributed by atoms with van der Waals surface area (Å²) < 4.78 is 46.2. The van der Waals surface area contributed by atoms with Gasteiger partial charge in [0, 0.05) is 11.6 Å². The van der Waals surface area contributed by atoms with E-state index in [0.29, 0.717) is 0 Å². The van der Waals surface area contributed by atoms with Gasteiger partial charge in [0.1, 0.15) is 11.6 Å². The average Bonchev–Trinajstić information content (AvgIpc) is 2.46. The second-order valence-electron chi connectivity index (χ2n) is 4.56. The monoisotopic (exact) mass is 294 g/mol. The minimum absolute atomic E-state index is 0.0480. The lowest BCUT2D eigenvalue weighted by Crippen LogP contribution is -2.23. The van der Waals surface area contributed by atoms with Crippen LogP contribution in [0, 0.1) is 5.82 Å². The van der Waals surface area contributed by atoms with Gasteiger partial charge in [0.15, 0.2) is 12.4 Å². The van der Waals surface area contributed by atoms with Gasteiger partial charge in [-0.1, -0.05) is 30.3 Å². The molecular weight excluding hydrogens is 281 g/mol. The third kappa shape index (κ3) is 3.62. The van der Waals surface area contributed by atoms with Gasteiger partial charge in [-0.3, -0.25) is 4.79 Å². The summed E-state index contributed by atoms with van der Waals surface area (Å²) in [5, 5.41) is 0. The molecule has 0 aliphatic rings. The minimum Gasteiger partial charge on any atom is -0.487 e. The lowest BCUT2D eigenvalue weighted by atomic mass is 10.1. The molecule has 2 aromatic carbocycles. The standard InChI is InChI=1S/C16H13F3O2/c1-11(20)14-8-7-13(9-15(14)17)21-10-16(18,19)12-5-3-2-4-6-12/h2-9H,10H2,1H3. The Labute approximate surface area is 120 Å². The molecule has 0 fully saturated rings. The molecule has 0 N–H and O–H groups in total. The maximum Gasteiger partial charge on any atom is 0.306 e. The smallest absolute Gasteiger partial charge is 0.306 e. The number of alkyl halides is 2. The molecule has 2 nitrogen and oxygen atoms in total. The zero-order valence-corrected chi connectivity index (χ0v) is 11.3. The number of carbonyl (C=O) groups is 1. The molecule has 2 aromatic rings. The van der Waals surface area contributed by atoms with Crippen LogP contribution in [0.1, 0.15) is 22.8 Å². The van der Waals surface area contributed by atoms with E-state index in [2.05, 4.69) is 0 Å². The Morgan fingerprint density at radius 1 is 1.14 bits per heavy atom. The average molecular weight is 294 g/mol. The van der Waals surface area contributed by atoms with Crippen LogP contribution in [0.4, 0.5) is 13.2 Å². The third-order valence-corrected chi connectivity index (χ3v) is 2.94. The van der Waals surface area contributed by atoms with Gasteiger partial charge in [-0.05, 0) is 19.1 Å². The van der Waals surface area contributed by atoms with Crippen LogP contribution in [0.5, 0.6) is 5.75 Å². The van der Waals surface area contributed by atoms with Crippen LogP contribution >= 0.6 is 0 Å². The van der Waals surface area contributed by atoms with Crippen molar-refractivity contribution in [2.45, 2.75) is 12.8 Å². The van der Waals surface area contributed by atoms with Crippen LogP contribution in [-0.2, 0) is 5.92 Å². The first-order valence-corrected chi connectivity index (χ1v) is 6.27. The second kappa shape index (κ2) is 5.99. The Kier molecular flexibility index (Phi) is 4.31. The van der Waals surface area contributed by atoms with Crippen molar-refractivity contribution in [1.29, 1.82) is 0 Å². The van der Waals surface area contributed by atoms with Gasteiger partial charge in [-0.2, -0.15) is 8.78 Å². The second-order valence-corrected chi connectivity index (χ2v) is 4.56. The fourth-order valence-corrected chi connectivity index (χ4v) is 1.81. The number of benzene rings is 2. The highest BCUT2D eigenvalue weighted by molar-refractivity contribution is 5.94. The van der Waals surface area contributed by atoms with Crippen molar-refractivity contribution in [1.82, 2.24) is 0 Å². The zero-order valence-electron chi connectivity index (χ0n) is 11.3. The Morgan fingerprint density at radius 3 is 2.38 bits per heavy atom. The molecule has 0 unspecified atom stereocenters. The van der Waals surface area contributed by atoms with Gasteiger partial charge < -0.3 is 4.74 Å². The van der Waals surface area contributed by atoms with Crippen molar-refractivity contribution >= 4 is 5.78 Å². The topological polar surface area (TPSA) is 26.3 Å². The van der Waals surface area contributed by atoms with E-state index < -0.39 is 24.1 Å².